The number of nitrogens with one attached hydrogen (secondary N) is 2. The van der Waals surface area contributed by atoms with Crippen LogP contribution in [0.1, 0.15) is 32.6 Å². The zero-order valence-electron chi connectivity index (χ0n) is 10.6. The third-order valence-electron chi connectivity index (χ3n) is 3.55. The molecule has 4 heteroatoms. The second kappa shape index (κ2) is 5.85. The maximum Gasteiger partial charge on any atom is 0.319 e. The highest BCUT2D eigenvalue weighted by molar-refractivity contribution is 5.89. The van der Waals surface area contributed by atoms with Gasteiger partial charge >= 0.3 is 6.03 Å². The van der Waals surface area contributed by atoms with Crippen molar-refractivity contribution in [3.8, 4) is 0 Å². The Hall–Kier alpha value is -1.58. The number of carbonyl (C=O) groups is 1. The van der Waals surface area contributed by atoms with Gasteiger partial charge in [0, 0.05) is 6.04 Å². The molecule has 0 unspecified atom stereocenters. The van der Waals surface area contributed by atoms with E-state index in [0.717, 1.165) is 19.3 Å². The molecule has 1 aliphatic rings. The molecule has 2 rings (SSSR count). The van der Waals surface area contributed by atoms with Gasteiger partial charge in [-0.3, -0.25) is 0 Å². The van der Waals surface area contributed by atoms with Gasteiger partial charge in [0.25, 0.3) is 0 Å². The number of amides is 2. The summed E-state index contributed by atoms with van der Waals surface area (Å²) >= 11 is 0. The third kappa shape index (κ3) is 3.22. The van der Waals surface area contributed by atoms with E-state index in [1.54, 1.807) is 18.2 Å². The molecule has 0 aromatic heterocycles. The number of carbonyl (C=O) groups excluding carboxylic acids is 1. The molecule has 1 aliphatic carbocycles. The quantitative estimate of drug-likeness (QED) is 0.828. The van der Waals surface area contributed by atoms with Gasteiger partial charge in [-0.05, 0) is 30.9 Å². The number of para-hydroxylation sites is 1. The van der Waals surface area contributed by atoms with E-state index in [-0.39, 0.29) is 17.8 Å². The average molecular weight is 250 g/mol. The summed E-state index contributed by atoms with van der Waals surface area (Å²) in [5.41, 5.74) is 0.221. The monoisotopic (exact) mass is 250 g/mol. The van der Waals surface area contributed by atoms with Gasteiger partial charge in [-0.15, -0.1) is 0 Å². The van der Waals surface area contributed by atoms with E-state index in [9.17, 15) is 9.18 Å². The standard InChI is InChI=1S/C14H19FN2O/c1-10-6-2-4-8-12(10)16-14(18)17-13-9-5-3-7-11(13)15/h3,5,7,9-10,12H,2,4,6,8H2,1H3,(H2,16,17,18)/t10-,12-/m1/s1. The van der Waals surface area contributed by atoms with E-state index in [2.05, 4.69) is 17.6 Å². The van der Waals surface area contributed by atoms with Gasteiger partial charge in [-0.2, -0.15) is 0 Å². The van der Waals surface area contributed by atoms with Gasteiger partial charge in [0.15, 0.2) is 0 Å². The second-order valence-corrected chi connectivity index (χ2v) is 4.95. The zero-order chi connectivity index (χ0) is 13.0. The number of rotatable bonds is 2. The Morgan fingerprint density at radius 1 is 1.28 bits per heavy atom. The summed E-state index contributed by atoms with van der Waals surface area (Å²) in [5.74, 6) is 0.0782. The SMILES string of the molecule is C[C@@H]1CCCC[C@H]1NC(=O)Nc1ccccc1F. The molecule has 2 N–H and O–H groups in total. The molecular formula is C14H19FN2O. The fraction of sp³-hybridized carbons (Fsp3) is 0.500. The van der Waals surface area contributed by atoms with E-state index in [1.807, 2.05) is 0 Å². The lowest BCUT2D eigenvalue weighted by Crippen LogP contribution is -2.43. The molecule has 1 aromatic carbocycles. The first kappa shape index (κ1) is 12.9. The minimum Gasteiger partial charge on any atom is -0.335 e. The lowest BCUT2D eigenvalue weighted by Gasteiger charge is -2.29. The molecule has 2 amide bonds. The zero-order valence-corrected chi connectivity index (χ0v) is 10.6. The molecule has 3 nitrogen and oxygen atoms in total. The fourth-order valence-electron chi connectivity index (χ4n) is 2.42. The molecule has 0 heterocycles. The van der Waals surface area contributed by atoms with Crippen molar-refractivity contribution in [2.45, 2.75) is 38.6 Å². The molecule has 1 aromatic rings. The maximum atomic E-state index is 13.4. The van der Waals surface area contributed by atoms with Crippen LogP contribution in [0.4, 0.5) is 14.9 Å². The van der Waals surface area contributed by atoms with Gasteiger partial charge < -0.3 is 10.6 Å². The molecular weight excluding hydrogens is 231 g/mol. The molecule has 0 bridgehead atoms. The second-order valence-electron chi connectivity index (χ2n) is 4.95. The Morgan fingerprint density at radius 3 is 2.72 bits per heavy atom. The van der Waals surface area contributed by atoms with Gasteiger partial charge in [-0.25, -0.2) is 9.18 Å². The van der Waals surface area contributed by atoms with Crippen LogP contribution in [-0.2, 0) is 0 Å². The van der Waals surface area contributed by atoms with Crippen LogP contribution in [0.5, 0.6) is 0 Å². The van der Waals surface area contributed by atoms with Crippen molar-refractivity contribution < 1.29 is 9.18 Å². The first-order valence-corrected chi connectivity index (χ1v) is 6.49. The number of halogens is 1. The Kier molecular flexibility index (Phi) is 4.18. The Bertz CT molecular complexity index is 422. The van der Waals surface area contributed by atoms with E-state index in [0.29, 0.717) is 5.92 Å². The van der Waals surface area contributed by atoms with Gasteiger partial charge in [-0.1, -0.05) is 31.9 Å². The van der Waals surface area contributed by atoms with Gasteiger partial charge in [0.1, 0.15) is 5.82 Å². The molecule has 1 saturated carbocycles. The highest BCUT2D eigenvalue weighted by Crippen LogP contribution is 2.23. The van der Waals surface area contributed by atoms with Crippen LogP contribution >= 0.6 is 0 Å². The van der Waals surface area contributed by atoms with Crippen LogP contribution in [0.25, 0.3) is 0 Å². The molecule has 2 atom stereocenters. The Balaban J connectivity index is 1.90. The van der Waals surface area contributed by atoms with Crippen molar-refractivity contribution in [2.75, 3.05) is 5.32 Å². The molecule has 0 saturated heterocycles. The van der Waals surface area contributed by atoms with Crippen molar-refractivity contribution in [1.82, 2.24) is 5.32 Å². The Morgan fingerprint density at radius 2 is 2.00 bits per heavy atom. The van der Waals surface area contributed by atoms with Crippen LogP contribution in [0.2, 0.25) is 0 Å². The van der Waals surface area contributed by atoms with Crippen molar-refractivity contribution in [2.24, 2.45) is 5.92 Å². The Labute approximate surface area is 107 Å². The number of urea groups is 1. The maximum absolute atomic E-state index is 13.4. The summed E-state index contributed by atoms with van der Waals surface area (Å²) in [6.07, 6.45) is 4.53. The normalized spacial score (nSPS) is 23.4. The lowest BCUT2D eigenvalue weighted by atomic mass is 9.86. The first-order chi connectivity index (χ1) is 8.66. The summed E-state index contributed by atoms with van der Waals surface area (Å²) in [6.45, 7) is 2.15. The summed E-state index contributed by atoms with van der Waals surface area (Å²) in [7, 11) is 0. The van der Waals surface area contributed by atoms with Crippen LogP contribution in [0, 0.1) is 11.7 Å². The van der Waals surface area contributed by atoms with Crippen LogP contribution in [0.15, 0.2) is 24.3 Å². The van der Waals surface area contributed by atoms with Crippen molar-refractivity contribution in [1.29, 1.82) is 0 Å². The highest BCUT2D eigenvalue weighted by Gasteiger charge is 2.22. The summed E-state index contributed by atoms with van der Waals surface area (Å²) in [5, 5.41) is 5.48. The van der Waals surface area contributed by atoms with Crippen molar-refractivity contribution in [3.05, 3.63) is 30.1 Å². The third-order valence-corrected chi connectivity index (χ3v) is 3.55. The van der Waals surface area contributed by atoms with Crippen LogP contribution in [-0.4, -0.2) is 12.1 Å². The average Bonchev–Trinajstić information content (AvgIpc) is 2.35. The fourth-order valence-corrected chi connectivity index (χ4v) is 2.42. The molecule has 98 valence electrons. The predicted octanol–water partition coefficient (Wildman–Crippen LogP) is 3.53. The summed E-state index contributed by atoms with van der Waals surface area (Å²) in [6, 6.07) is 6.06. The van der Waals surface area contributed by atoms with Crippen LogP contribution in [0.3, 0.4) is 0 Å². The van der Waals surface area contributed by atoms with Gasteiger partial charge in [0.05, 0.1) is 5.69 Å². The van der Waals surface area contributed by atoms with Crippen molar-refractivity contribution >= 4 is 11.7 Å². The topological polar surface area (TPSA) is 41.1 Å². The largest absolute Gasteiger partial charge is 0.335 e. The van der Waals surface area contributed by atoms with E-state index in [4.69, 9.17) is 0 Å². The number of benzene rings is 1. The van der Waals surface area contributed by atoms with Gasteiger partial charge in [0.2, 0.25) is 0 Å². The lowest BCUT2D eigenvalue weighted by molar-refractivity contribution is 0.232. The minimum atomic E-state index is -0.413. The number of anilines is 1. The molecule has 18 heavy (non-hydrogen) atoms. The molecule has 0 spiro atoms. The summed E-state index contributed by atoms with van der Waals surface area (Å²) < 4.78 is 13.4. The van der Waals surface area contributed by atoms with E-state index in [1.165, 1.54) is 12.5 Å². The predicted molar refractivity (Wildman–Crippen MR) is 70.0 cm³/mol. The number of hydrogen-bond donors (Lipinski definition) is 2. The van der Waals surface area contributed by atoms with Crippen molar-refractivity contribution in [3.63, 3.8) is 0 Å². The molecule has 1 fully saturated rings. The summed E-state index contributed by atoms with van der Waals surface area (Å²) in [4.78, 5) is 11.8. The van der Waals surface area contributed by atoms with E-state index < -0.39 is 5.82 Å². The minimum absolute atomic E-state index is 0.200. The van der Waals surface area contributed by atoms with Crippen LogP contribution < -0.4 is 10.6 Å². The highest BCUT2D eigenvalue weighted by atomic mass is 19.1. The first-order valence-electron chi connectivity index (χ1n) is 6.49. The smallest absolute Gasteiger partial charge is 0.319 e. The van der Waals surface area contributed by atoms with E-state index >= 15 is 0 Å². The number of hydrogen-bond acceptors (Lipinski definition) is 1. The molecule has 0 aliphatic heterocycles. The molecule has 0 radical (unpaired) electrons.